The molecule has 31 heavy (non-hydrogen) atoms. The van der Waals surface area contributed by atoms with E-state index in [0.717, 1.165) is 11.8 Å². The summed E-state index contributed by atoms with van der Waals surface area (Å²) in [7, 11) is 0. The van der Waals surface area contributed by atoms with Crippen LogP contribution in [0.4, 0.5) is 18.9 Å². The molecule has 2 aromatic carbocycles. The Morgan fingerprint density at radius 1 is 1.13 bits per heavy atom. The van der Waals surface area contributed by atoms with E-state index in [1.165, 1.54) is 13.3 Å². The molecular weight excluding hydrogens is 413 g/mol. The fraction of sp³-hybridized carbons (Fsp3) is 0.143. The molecule has 0 aliphatic carbocycles. The zero-order valence-corrected chi connectivity index (χ0v) is 16.3. The van der Waals surface area contributed by atoms with Crippen LogP contribution in [0.25, 0.3) is 0 Å². The Hall–Kier alpha value is -3.95. The number of carbonyl (C=O) groups excluding carboxylic acids is 2. The molecule has 0 saturated heterocycles. The number of ether oxygens (including phenoxy) is 1. The lowest BCUT2D eigenvalue weighted by Crippen LogP contribution is -2.19. The number of rotatable bonds is 8. The van der Waals surface area contributed by atoms with Gasteiger partial charge < -0.3 is 10.1 Å². The van der Waals surface area contributed by atoms with Crippen molar-refractivity contribution in [3.63, 3.8) is 0 Å². The van der Waals surface area contributed by atoms with Crippen molar-refractivity contribution in [2.24, 2.45) is 0 Å². The maximum Gasteiger partial charge on any atom is 0.343 e. The van der Waals surface area contributed by atoms with Crippen LogP contribution >= 0.6 is 0 Å². The van der Waals surface area contributed by atoms with Gasteiger partial charge in [0.25, 0.3) is 0 Å². The molecule has 0 aliphatic heterocycles. The molecule has 0 atom stereocenters. The van der Waals surface area contributed by atoms with Crippen molar-refractivity contribution < 1.29 is 27.5 Å². The average Bonchev–Trinajstić information content (AvgIpc) is 3.24. The highest BCUT2D eigenvalue weighted by Crippen LogP contribution is 2.19. The predicted molar refractivity (Wildman–Crippen MR) is 105 cm³/mol. The molecule has 10 heteroatoms. The minimum atomic E-state index is -1.45. The standard InChI is InChI=1S/C21H17F3N4O3/c1-2-31-21(30)16(20(29)15-7-18(23)19(24)8-17(15)22)9-26-14-5-3-4-13(6-14)10-28-12-25-11-27-28/h3-9,11-12,26H,2,10H2,1H3. The van der Waals surface area contributed by atoms with E-state index in [-0.39, 0.29) is 12.7 Å². The highest BCUT2D eigenvalue weighted by molar-refractivity contribution is 6.24. The number of nitrogens with one attached hydrogen (secondary N) is 1. The molecular formula is C21H17F3N4O3. The summed E-state index contributed by atoms with van der Waals surface area (Å²) >= 11 is 0. The van der Waals surface area contributed by atoms with Gasteiger partial charge in [-0.3, -0.25) is 4.79 Å². The van der Waals surface area contributed by atoms with Gasteiger partial charge in [0.1, 0.15) is 24.0 Å². The number of hydrogen-bond donors (Lipinski definition) is 1. The molecule has 0 bridgehead atoms. The van der Waals surface area contributed by atoms with E-state index >= 15 is 0 Å². The van der Waals surface area contributed by atoms with Crippen LogP contribution in [0.3, 0.4) is 0 Å². The van der Waals surface area contributed by atoms with Gasteiger partial charge in [-0.15, -0.1) is 0 Å². The van der Waals surface area contributed by atoms with Crippen LogP contribution in [0.5, 0.6) is 0 Å². The Labute approximate surface area is 175 Å². The molecule has 160 valence electrons. The van der Waals surface area contributed by atoms with E-state index in [1.807, 2.05) is 6.07 Å². The Morgan fingerprint density at radius 3 is 2.61 bits per heavy atom. The molecule has 1 heterocycles. The SMILES string of the molecule is CCOC(=O)C(=CNc1cccc(Cn2cncn2)c1)C(=O)c1cc(F)c(F)cc1F. The second-order valence-corrected chi connectivity index (χ2v) is 6.29. The molecule has 0 radical (unpaired) electrons. The summed E-state index contributed by atoms with van der Waals surface area (Å²) in [6.07, 6.45) is 3.99. The Bertz CT molecular complexity index is 1130. The van der Waals surface area contributed by atoms with Gasteiger partial charge in [0, 0.05) is 18.0 Å². The Balaban J connectivity index is 1.88. The third-order valence-corrected chi connectivity index (χ3v) is 4.12. The first kappa shape index (κ1) is 21.8. The first-order chi connectivity index (χ1) is 14.9. The van der Waals surface area contributed by atoms with E-state index in [4.69, 9.17) is 4.74 Å². The highest BCUT2D eigenvalue weighted by atomic mass is 19.2. The Kier molecular flexibility index (Phi) is 6.81. The lowest BCUT2D eigenvalue weighted by Gasteiger charge is -2.10. The summed E-state index contributed by atoms with van der Waals surface area (Å²) in [4.78, 5) is 28.8. The summed E-state index contributed by atoms with van der Waals surface area (Å²) in [6, 6.07) is 7.63. The monoisotopic (exact) mass is 430 g/mol. The van der Waals surface area contributed by atoms with E-state index in [1.54, 1.807) is 29.2 Å². The minimum absolute atomic E-state index is 0.0445. The molecule has 3 aromatic rings. The molecule has 1 aromatic heterocycles. The van der Waals surface area contributed by atoms with Crippen LogP contribution in [0.2, 0.25) is 0 Å². The van der Waals surface area contributed by atoms with Gasteiger partial charge in [-0.1, -0.05) is 12.1 Å². The first-order valence-electron chi connectivity index (χ1n) is 9.13. The van der Waals surface area contributed by atoms with Crippen LogP contribution in [0, 0.1) is 17.5 Å². The zero-order chi connectivity index (χ0) is 22.4. The second kappa shape index (κ2) is 9.70. The number of carbonyl (C=O) groups is 2. The third kappa shape index (κ3) is 5.35. The number of halogens is 3. The number of Topliss-reactive ketones (excluding diaryl/α,β-unsaturated/α-hetero) is 1. The summed E-state index contributed by atoms with van der Waals surface area (Å²) in [6.45, 7) is 1.92. The molecule has 0 spiro atoms. The van der Waals surface area contributed by atoms with Crippen LogP contribution < -0.4 is 5.32 Å². The Morgan fingerprint density at radius 2 is 1.90 bits per heavy atom. The van der Waals surface area contributed by atoms with Crippen molar-refractivity contribution in [3.8, 4) is 0 Å². The van der Waals surface area contributed by atoms with Crippen molar-refractivity contribution in [2.45, 2.75) is 13.5 Å². The number of aromatic nitrogens is 3. The van der Waals surface area contributed by atoms with Crippen molar-refractivity contribution in [2.75, 3.05) is 11.9 Å². The van der Waals surface area contributed by atoms with Crippen molar-refractivity contribution in [1.82, 2.24) is 14.8 Å². The van der Waals surface area contributed by atoms with E-state index in [9.17, 15) is 22.8 Å². The molecule has 1 N–H and O–H groups in total. The number of esters is 1. The van der Waals surface area contributed by atoms with Crippen molar-refractivity contribution in [3.05, 3.63) is 89.4 Å². The fourth-order valence-corrected chi connectivity index (χ4v) is 2.68. The highest BCUT2D eigenvalue weighted by Gasteiger charge is 2.25. The summed E-state index contributed by atoms with van der Waals surface area (Å²) in [5, 5.41) is 6.79. The molecule has 0 saturated carbocycles. The quantitative estimate of drug-likeness (QED) is 0.147. The normalized spacial score (nSPS) is 11.3. The number of benzene rings is 2. The summed E-state index contributed by atoms with van der Waals surface area (Å²) in [5.74, 6) is -6.35. The summed E-state index contributed by atoms with van der Waals surface area (Å²) in [5.41, 5.74) is -0.00842. The molecule has 7 nitrogen and oxygen atoms in total. The topological polar surface area (TPSA) is 86.1 Å². The second-order valence-electron chi connectivity index (χ2n) is 6.29. The predicted octanol–water partition coefficient (Wildman–Crippen LogP) is 3.49. The van der Waals surface area contributed by atoms with E-state index < -0.39 is 40.3 Å². The number of ketones is 1. The zero-order valence-electron chi connectivity index (χ0n) is 16.3. The molecule has 0 fully saturated rings. The molecule has 3 rings (SSSR count). The third-order valence-electron chi connectivity index (χ3n) is 4.12. The van der Waals surface area contributed by atoms with Gasteiger partial charge in [-0.2, -0.15) is 5.10 Å². The van der Waals surface area contributed by atoms with Gasteiger partial charge in [-0.25, -0.2) is 27.6 Å². The van der Waals surface area contributed by atoms with Gasteiger partial charge in [-0.05, 0) is 30.7 Å². The van der Waals surface area contributed by atoms with Crippen LogP contribution in [-0.4, -0.2) is 33.1 Å². The maximum absolute atomic E-state index is 14.0. The number of anilines is 1. The van der Waals surface area contributed by atoms with Crippen LogP contribution in [0.15, 0.2) is 60.8 Å². The molecule has 0 aliphatic rings. The van der Waals surface area contributed by atoms with E-state index in [2.05, 4.69) is 15.4 Å². The largest absolute Gasteiger partial charge is 0.462 e. The van der Waals surface area contributed by atoms with Crippen LogP contribution in [0.1, 0.15) is 22.8 Å². The molecule has 0 amide bonds. The summed E-state index contributed by atoms with van der Waals surface area (Å²) < 4.78 is 47.2. The van der Waals surface area contributed by atoms with Gasteiger partial charge >= 0.3 is 5.97 Å². The molecule has 0 unspecified atom stereocenters. The number of nitrogens with zero attached hydrogens (tertiary/aromatic N) is 3. The lowest BCUT2D eigenvalue weighted by molar-refractivity contribution is -0.138. The van der Waals surface area contributed by atoms with Crippen molar-refractivity contribution >= 4 is 17.4 Å². The smallest absolute Gasteiger partial charge is 0.343 e. The van der Waals surface area contributed by atoms with Gasteiger partial charge in [0.15, 0.2) is 11.6 Å². The lowest BCUT2D eigenvalue weighted by atomic mass is 10.0. The van der Waals surface area contributed by atoms with Crippen molar-refractivity contribution in [1.29, 1.82) is 0 Å². The average molecular weight is 430 g/mol. The van der Waals surface area contributed by atoms with Gasteiger partial charge in [0.05, 0.1) is 18.7 Å². The fourth-order valence-electron chi connectivity index (χ4n) is 2.68. The number of hydrogen-bond acceptors (Lipinski definition) is 6. The van der Waals surface area contributed by atoms with Gasteiger partial charge in [0.2, 0.25) is 5.78 Å². The maximum atomic E-state index is 14.0. The van der Waals surface area contributed by atoms with E-state index in [0.29, 0.717) is 18.3 Å². The minimum Gasteiger partial charge on any atom is -0.462 e. The van der Waals surface area contributed by atoms with Crippen LogP contribution in [-0.2, 0) is 16.1 Å². The first-order valence-corrected chi connectivity index (χ1v) is 9.13.